The molecule has 2 aromatic carbocycles. The molecule has 1 aliphatic heterocycles. The van der Waals surface area contributed by atoms with E-state index in [0.29, 0.717) is 41.9 Å². The van der Waals surface area contributed by atoms with Crippen LogP contribution >= 0.6 is 12.4 Å². The Morgan fingerprint density at radius 1 is 0.705 bits per heavy atom. The monoisotopic (exact) mass is 666 g/mol. The molecule has 2 saturated carbocycles. The molecule has 0 radical (unpaired) electrons. The van der Waals surface area contributed by atoms with Crippen molar-refractivity contribution in [2.75, 3.05) is 64.8 Å². The summed E-state index contributed by atoms with van der Waals surface area (Å²) in [6, 6.07) is 14.2. The van der Waals surface area contributed by atoms with Crippen LogP contribution in [0.1, 0.15) is 63.4 Å². The normalized spacial score (nSPS) is 21.6. The molecule has 0 amide bonds. The van der Waals surface area contributed by atoms with Crippen molar-refractivity contribution in [3.8, 4) is 0 Å². The van der Waals surface area contributed by atoms with Crippen LogP contribution in [0.2, 0.25) is 0 Å². The van der Waals surface area contributed by atoms with Gasteiger partial charge in [-0.15, -0.1) is 12.4 Å². The van der Waals surface area contributed by atoms with Crippen LogP contribution in [0.3, 0.4) is 0 Å². The Bertz CT molecular complexity index is 1420. The first-order chi connectivity index (χ1) is 20.5. The Morgan fingerprint density at radius 2 is 1.18 bits per heavy atom. The van der Waals surface area contributed by atoms with Gasteiger partial charge in [-0.05, 0) is 106 Å². The van der Waals surface area contributed by atoms with E-state index in [2.05, 4.69) is 4.90 Å². The van der Waals surface area contributed by atoms with Crippen LogP contribution in [0.4, 0.5) is 5.69 Å². The van der Waals surface area contributed by atoms with Crippen LogP contribution in [-0.4, -0.2) is 90.3 Å². The van der Waals surface area contributed by atoms with E-state index in [-0.39, 0.29) is 17.8 Å². The molecule has 11 heteroatoms. The third kappa shape index (κ3) is 8.56. The number of hydrogen-bond donors (Lipinski definition) is 0. The van der Waals surface area contributed by atoms with E-state index in [9.17, 15) is 16.8 Å². The Morgan fingerprint density at radius 3 is 1.64 bits per heavy atom. The summed E-state index contributed by atoms with van der Waals surface area (Å²) in [5.74, 6) is 0.666. The summed E-state index contributed by atoms with van der Waals surface area (Å²) in [5, 5.41) is 0. The minimum atomic E-state index is -3.75. The topological polar surface area (TPSA) is 81.2 Å². The largest absolute Gasteiger partial charge is 0.378 e. The van der Waals surface area contributed by atoms with Crippen molar-refractivity contribution in [3.63, 3.8) is 0 Å². The van der Waals surface area contributed by atoms with E-state index >= 15 is 0 Å². The van der Waals surface area contributed by atoms with Crippen LogP contribution < -0.4 is 4.90 Å². The molecule has 44 heavy (non-hydrogen) atoms. The maximum absolute atomic E-state index is 14.1. The number of nitrogens with zero attached hydrogens (tertiary/aromatic N) is 4. The molecule has 1 heterocycles. The lowest BCUT2D eigenvalue weighted by Crippen LogP contribution is -2.45. The fourth-order valence-electron chi connectivity index (χ4n) is 6.75. The molecule has 1 saturated heterocycles. The summed E-state index contributed by atoms with van der Waals surface area (Å²) >= 11 is 0. The van der Waals surface area contributed by atoms with Gasteiger partial charge in [-0.3, -0.25) is 0 Å². The van der Waals surface area contributed by atoms with Crippen LogP contribution in [0, 0.1) is 18.3 Å². The first-order valence-corrected chi connectivity index (χ1v) is 18.9. The molecule has 2 aliphatic carbocycles. The highest BCUT2D eigenvalue weighted by Crippen LogP contribution is 2.48. The van der Waals surface area contributed by atoms with Crippen molar-refractivity contribution in [1.29, 1.82) is 0 Å². The average Bonchev–Trinajstić information content (AvgIpc) is 3.75. The van der Waals surface area contributed by atoms with Gasteiger partial charge in [0, 0.05) is 52.5 Å². The van der Waals surface area contributed by atoms with Crippen molar-refractivity contribution in [1.82, 2.24) is 13.5 Å². The Hall–Kier alpha value is -1.69. The van der Waals surface area contributed by atoms with Crippen LogP contribution in [0.25, 0.3) is 0 Å². The molecular formula is C33H51ClN4O4S2. The number of hydrogen-bond acceptors (Lipinski definition) is 6. The van der Waals surface area contributed by atoms with Crippen molar-refractivity contribution in [2.24, 2.45) is 11.3 Å². The van der Waals surface area contributed by atoms with Gasteiger partial charge in [0.15, 0.2) is 0 Å². The molecule has 0 aromatic heterocycles. The molecule has 1 spiro atoms. The summed E-state index contributed by atoms with van der Waals surface area (Å²) < 4.78 is 59.5. The number of halogens is 1. The lowest BCUT2D eigenvalue weighted by atomic mass is 9.89. The van der Waals surface area contributed by atoms with E-state index < -0.39 is 20.0 Å². The predicted octanol–water partition coefficient (Wildman–Crippen LogP) is 5.62. The van der Waals surface area contributed by atoms with Gasteiger partial charge < -0.3 is 9.80 Å². The maximum atomic E-state index is 14.1. The second kappa shape index (κ2) is 14.8. The molecule has 246 valence electrons. The molecule has 0 bridgehead atoms. The zero-order chi connectivity index (χ0) is 30.7. The predicted molar refractivity (Wildman–Crippen MR) is 181 cm³/mol. The molecule has 3 aliphatic rings. The van der Waals surface area contributed by atoms with Crippen molar-refractivity contribution in [2.45, 2.75) is 74.5 Å². The van der Waals surface area contributed by atoms with Crippen molar-refractivity contribution >= 4 is 38.1 Å². The van der Waals surface area contributed by atoms with E-state index in [1.165, 1.54) is 32.1 Å². The lowest BCUT2D eigenvalue weighted by Gasteiger charge is -2.34. The SMILES string of the molecule is Cc1ccc(S(=O)(=O)N2CCCN(CC3CCCCC3)CCCN(S(=O)(=O)c3ccc(N(C)C)cc3)CC3(CC3)C2)cc1.Cl. The molecule has 2 aromatic rings. The maximum Gasteiger partial charge on any atom is 0.243 e. The van der Waals surface area contributed by atoms with Gasteiger partial charge in [0.2, 0.25) is 20.0 Å². The first-order valence-electron chi connectivity index (χ1n) is 16.1. The zero-order valence-electron chi connectivity index (χ0n) is 26.7. The summed E-state index contributed by atoms with van der Waals surface area (Å²) in [6.07, 6.45) is 9.55. The van der Waals surface area contributed by atoms with Gasteiger partial charge in [0.05, 0.1) is 9.79 Å². The number of sulfonamides is 2. The van der Waals surface area contributed by atoms with Gasteiger partial charge in [-0.1, -0.05) is 37.0 Å². The zero-order valence-corrected chi connectivity index (χ0v) is 29.1. The molecule has 8 nitrogen and oxygen atoms in total. The fourth-order valence-corrected chi connectivity index (χ4v) is 9.94. The summed E-state index contributed by atoms with van der Waals surface area (Å²) in [7, 11) is -3.60. The highest BCUT2D eigenvalue weighted by molar-refractivity contribution is 7.89. The molecule has 5 rings (SSSR count). The molecular weight excluding hydrogens is 616 g/mol. The number of anilines is 1. The smallest absolute Gasteiger partial charge is 0.243 e. The van der Waals surface area contributed by atoms with Crippen LogP contribution in [0.15, 0.2) is 58.3 Å². The van der Waals surface area contributed by atoms with Crippen LogP contribution in [-0.2, 0) is 20.0 Å². The summed E-state index contributed by atoms with van der Waals surface area (Å²) in [4.78, 5) is 5.03. The first kappa shape index (κ1) is 35.2. The van der Waals surface area contributed by atoms with E-state index in [0.717, 1.165) is 56.6 Å². The Kier molecular flexibility index (Phi) is 11.8. The van der Waals surface area contributed by atoms with Crippen molar-refractivity contribution in [3.05, 3.63) is 54.1 Å². The number of rotatable bonds is 7. The summed E-state index contributed by atoms with van der Waals surface area (Å²) in [6.45, 7) is 6.17. The van der Waals surface area contributed by atoms with Crippen LogP contribution in [0.5, 0.6) is 0 Å². The molecule has 0 N–H and O–H groups in total. The molecule has 0 atom stereocenters. The van der Waals surface area contributed by atoms with Gasteiger partial charge >= 0.3 is 0 Å². The van der Waals surface area contributed by atoms with E-state index in [1.54, 1.807) is 32.9 Å². The number of aryl methyl sites for hydroxylation is 1. The number of benzene rings is 2. The fraction of sp³-hybridized carbons (Fsp3) is 0.636. The third-order valence-electron chi connectivity index (χ3n) is 9.64. The van der Waals surface area contributed by atoms with Gasteiger partial charge in [-0.25, -0.2) is 16.8 Å². The second-order valence-electron chi connectivity index (χ2n) is 13.4. The average molecular weight is 667 g/mol. The molecule has 3 fully saturated rings. The second-order valence-corrected chi connectivity index (χ2v) is 17.3. The highest BCUT2D eigenvalue weighted by atomic mass is 35.5. The third-order valence-corrected chi connectivity index (χ3v) is 13.4. The van der Waals surface area contributed by atoms with Gasteiger partial charge in [-0.2, -0.15) is 8.61 Å². The molecule has 0 unspecified atom stereocenters. The van der Waals surface area contributed by atoms with Gasteiger partial charge in [0.25, 0.3) is 0 Å². The standard InChI is InChI=1S/C33H50N4O4S2.ClH/c1-28-11-15-31(16-12-28)42(38,39)36-23-7-21-35(25-29-9-5-4-6-10-29)22-8-24-37(27-33(26-36)19-20-33)43(40,41)32-17-13-30(14-18-32)34(2)3;/h11-18,29H,4-10,19-27H2,1-3H3;1H. The Labute approximate surface area is 272 Å². The van der Waals surface area contributed by atoms with Gasteiger partial charge in [0.1, 0.15) is 0 Å². The minimum Gasteiger partial charge on any atom is -0.378 e. The van der Waals surface area contributed by atoms with E-state index in [1.807, 2.05) is 50.2 Å². The quantitative estimate of drug-likeness (QED) is 0.382. The van der Waals surface area contributed by atoms with Crippen molar-refractivity contribution < 1.29 is 16.8 Å². The lowest BCUT2D eigenvalue weighted by molar-refractivity contribution is 0.177. The Balaban J connectivity index is 0.00000442. The van der Waals surface area contributed by atoms with E-state index in [4.69, 9.17) is 0 Å². The highest BCUT2D eigenvalue weighted by Gasteiger charge is 2.49. The summed E-state index contributed by atoms with van der Waals surface area (Å²) in [5.41, 5.74) is 1.60. The minimum absolute atomic E-state index is 0.